The molecule has 0 unspecified atom stereocenters. The Hall–Kier alpha value is -1.15. The van der Waals surface area contributed by atoms with Crippen LogP contribution < -0.4 is 0 Å². The molecule has 0 radical (unpaired) electrons. The molecule has 0 amide bonds. The Bertz CT molecular complexity index is 331. The van der Waals surface area contributed by atoms with Crippen LogP contribution in [0.25, 0.3) is 0 Å². The highest BCUT2D eigenvalue weighted by molar-refractivity contribution is 6.34. The Kier molecular flexibility index (Phi) is 2.61. The van der Waals surface area contributed by atoms with Crippen molar-refractivity contribution in [3.8, 4) is 0 Å². The van der Waals surface area contributed by atoms with Crippen LogP contribution in [0.2, 0.25) is 5.02 Å². The van der Waals surface area contributed by atoms with Gasteiger partial charge in [0.15, 0.2) is 6.29 Å². The molecule has 3 heteroatoms. The van der Waals surface area contributed by atoms with E-state index < -0.39 is 5.78 Å². The molecule has 0 atom stereocenters. The third kappa shape index (κ3) is 1.71. The Morgan fingerprint density at radius 2 is 2.17 bits per heavy atom. The van der Waals surface area contributed by atoms with Crippen LogP contribution in [-0.2, 0) is 4.79 Å². The average Bonchev–Trinajstić information content (AvgIpc) is 2.08. The van der Waals surface area contributed by atoms with Gasteiger partial charge in [-0.3, -0.25) is 9.59 Å². The summed E-state index contributed by atoms with van der Waals surface area (Å²) in [5, 5.41) is 0.595. The molecule has 1 rings (SSSR count). The van der Waals surface area contributed by atoms with Crippen molar-refractivity contribution in [2.24, 2.45) is 0 Å². The second-order valence-electron chi connectivity index (χ2n) is 2.45. The maximum absolute atomic E-state index is 10.9. The molecule has 0 spiro atoms. The molecule has 1 aromatic carbocycles. The lowest BCUT2D eigenvalue weighted by Crippen LogP contribution is -1.99. The molecule has 0 bridgehead atoms. The highest BCUT2D eigenvalue weighted by Gasteiger charge is 2.04. The lowest BCUT2D eigenvalue weighted by Gasteiger charge is -1.98. The minimum Gasteiger partial charge on any atom is -0.294 e. The van der Waals surface area contributed by atoms with Gasteiger partial charge in [0.1, 0.15) is 0 Å². The van der Waals surface area contributed by atoms with Crippen molar-refractivity contribution in [2.75, 3.05) is 0 Å². The topological polar surface area (TPSA) is 34.1 Å². The van der Waals surface area contributed by atoms with Gasteiger partial charge < -0.3 is 0 Å². The second kappa shape index (κ2) is 3.50. The van der Waals surface area contributed by atoms with E-state index in [2.05, 4.69) is 0 Å². The number of carbonyl (C=O) groups is 2. The van der Waals surface area contributed by atoms with Crippen LogP contribution in [0.4, 0.5) is 0 Å². The van der Waals surface area contributed by atoms with Crippen molar-refractivity contribution in [1.29, 1.82) is 0 Å². The fourth-order valence-electron chi connectivity index (χ4n) is 0.866. The molecule has 0 saturated heterocycles. The molecule has 0 heterocycles. The van der Waals surface area contributed by atoms with Gasteiger partial charge in [-0.25, -0.2) is 0 Å². The highest BCUT2D eigenvalue weighted by Crippen LogP contribution is 2.15. The van der Waals surface area contributed by atoms with Crippen molar-refractivity contribution in [3.63, 3.8) is 0 Å². The Morgan fingerprint density at radius 3 is 2.67 bits per heavy atom. The van der Waals surface area contributed by atoms with Gasteiger partial charge in [-0.15, -0.1) is 0 Å². The Labute approximate surface area is 75.2 Å². The van der Waals surface area contributed by atoms with Gasteiger partial charge >= 0.3 is 0 Å². The predicted octanol–water partition coefficient (Wildman–Crippen LogP) is 2.03. The van der Waals surface area contributed by atoms with Crippen LogP contribution in [0.1, 0.15) is 15.9 Å². The lowest BCUT2D eigenvalue weighted by molar-refractivity contribution is -0.104. The largest absolute Gasteiger partial charge is 0.294 e. The molecule has 1 aromatic rings. The number of ketones is 1. The quantitative estimate of drug-likeness (QED) is 0.399. The van der Waals surface area contributed by atoms with Gasteiger partial charge in [0.2, 0.25) is 5.78 Å². The van der Waals surface area contributed by atoms with E-state index >= 15 is 0 Å². The predicted molar refractivity (Wildman–Crippen MR) is 46.6 cm³/mol. The smallest absolute Gasteiger partial charge is 0.225 e. The second-order valence-corrected chi connectivity index (χ2v) is 2.85. The number of hydrogen-bond acceptors (Lipinski definition) is 2. The summed E-state index contributed by atoms with van der Waals surface area (Å²) in [7, 11) is 0. The first-order valence-electron chi connectivity index (χ1n) is 3.41. The van der Waals surface area contributed by atoms with Gasteiger partial charge in [-0.1, -0.05) is 11.6 Å². The molecule has 0 aliphatic carbocycles. The Morgan fingerprint density at radius 1 is 1.50 bits per heavy atom. The van der Waals surface area contributed by atoms with Gasteiger partial charge in [0.25, 0.3) is 0 Å². The summed E-state index contributed by atoms with van der Waals surface area (Å²) in [6, 6.07) is 4.73. The summed E-state index contributed by atoms with van der Waals surface area (Å²) in [5.41, 5.74) is 1.18. The van der Waals surface area contributed by atoms with Crippen molar-refractivity contribution in [3.05, 3.63) is 34.3 Å². The molecule has 12 heavy (non-hydrogen) atoms. The van der Waals surface area contributed by atoms with E-state index in [1.54, 1.807) is 19.1 Å². The normalized spacial score (nSPS) is 9.50. The zero-order valence-electron chi connectivity index (χ0n) is 6.50. The van der Waals surface area contributed by atoms with Gasteiger partial charge in [0, 0.05) is 10.6 Å². The lowest BCUT2D eigenvalue weighted by atomic mass is 10.1. The van der Waals surface area contributed by atoms with E-state index in [4.69, 9.17) is 11.6 Å². The van der Waals surface area contributed by atoms with E-state index in [-0.39, 0.29) is 0 Å². The van der Waals surface area contributed by atoms with E-state index in [9.17, 15) is 9.59 Å². The maximum Gasteiger partial charge on any atom is 0.225 e. The first-order valence-corrected chi connectivity index (χ1v) is 3.78. The minimum absolute atomic E-state index is 0.294. The molecule has 0 N–H and O–H groups in total. The van der Waals surface area contributed by atoms with Crippen LogP contribution in [0.3, 0.4) is 0 Å². The van der Waals surface area contributed by atoms with E-state index in [0.29, 0.717) is 16.9 Å². The Balaban J connectivity index is 3.13. The number of Topliss-reactive ketones (excluding diaryl/α,β-unsaturated/α-hetero) is 1. The van der Waals surface area contributed by atoms with E-state index in [1.165, 1.54) is 6.07 Å². The van der Waals surface area contributed by atoms with E-state index in [1.807, 2.05) is 0 Å². The molecule has 0 aliphatic heterocycles. The number of halogens is 1. The van der Waals surface area contributed by atoms with Crippen molar-refractivity contribution in [1.82, 2.24) is 0 Å². The third-order valence-electron chi connectivity index (χ3n) is 1.55. The summed E-state index contributed by atoms with van der Waals surface area (Å²) >= 11 is 5.73. The maximum atomic E-state index is 10.9. The number of aldehydes is 1. The number of rotatable bonds is 2. The monoisotopic (exact) mass is 182 g/mol. The standard InChI is InChI=1S/C9H7ClO2/c1-6-4-7(9(12)5-11)2-3-8(6)10/h2-5H,1H3. The molecule has 2 nitrogen and oxygen atoms in total. The molecule has 62 valence electrons. The molecule has 0 aromatic heterocycles. The summed E-state index contributed by atoms with van der Waals surface area (Å²) in [6.45, 7) is 1.78. The average molecular weight is 183 g/mol. The first-order chi connectivity index (χ1) is 5.65. The molecular formula is C9H7ClO2. The highest BCUT2D eigenvalue weighted by atomic mass is 35.5. The van der Waals surface area contributed by atoms with Crippen LogP contribution in [-0.4, -0.2) is 12.1 Å². The SMILES string of the molecule is Cc1cc(C(=O)C=O)ccc1Cl. The number of benzene rings is 1. The molecule has 0 saturated carbocycles. The van der Waals surface area contributed by atoms with Crippen LogP contribution >= 0.6 is 11.6 Å². The zero-order chi connectivity index (χ0) is 9.14. The number of carbonyl (C=O) groups excluding carboxylic acids is 2. The van der Waals surface area contributed by atoms with Crippen molar-refractivity contribution < 1.29 is 9.59 Å². The minimum atomic E-state index is -0.519. The summed E-state index contributed by atoms with van der Waals surface area (Å²) in [5.74, 6) is -0.519. The summed E-state index contributed by atoms with van der Waals surface area (Å²) < 4.78 is 0. The van der Waals surface area contributed by atoms with E-state index in [0.717, 1.165) is 5.56 Å². The number of hydrogen-bond donors (Lipinski definition) is 0. The van der Waals surface area contributed by atoms with Gasteiger partial charge in [-0.2, -0.15) is 0 Å². The van der Waals surface area contributed by atoms with Crippen LogP contribution in [0.15, 0.2) is 18.2 Å². The molecule has 0 aliphatic rings. The third-order valence-corrected chi connectivity index (χ3v) is 1.97. The fourth-order valence-corrected chi connectivity index (χ4v) is 0.984. The molecule has 0 fully saturated rings. The summed E-state index contributed by atoms with van der Waals surface area (Å²) in [6.07, 6.45) is 0.294. The van der Waals surface area contributed by atoms with Gasteiger partial charge in [-0.05, 0) is 30.7 Å². The van der Waals surface area contributed by atoms with Crippen LogP contribution in [0.5, 0.6) is 0 Å². The molecular weight excluding hydrogens is 176 g/mol. The summed E-state index contributed by atoms with van der Waals surface area (Å²) in [4.78, 5) is 21.0. The zero-order valence-corrected chi connectivity index (χ0v) is 7.26. The first kappa shape index (κ1) is 8.94. The number of aryl methyl sites for hydroxylation is 1. The fraction of sp³-hybridized carbons (Fsp3) is 0.111. The van der Waals surface area contributed by atoms with Crippen molar-refractivity contribution in [2.45, 2.75) is 6.92 Å². The van der Waals surface area contributed by atoms with Crippen LogP contribution in [0, 0.1) is 6.92 Å². The van der Waals surface area contributed by atoms with Gasteiger partial charge in [0.05, 0.1) is 0 Å². The van der Waals surface area contributed by atoms with Crippen molar-refractivity contribution >= 4 is 23.7 Å².